The van der Waals surface area contributed by atoms with E-state index in [2.05, 4.69) is 4.72 Å². The number of anilines is 1. The molecule has 2 aromatic carbocycles. The maximum Gasteiger partial charge on any atom is 0.344 e. The van der Waals surface area contributed by atoms with Crippen LogP contribution in [-0.2, 0) is 21.2 Å². The standard InChI is InChI=1S/C16H13Cl2NO5S/c17-10-6-11(18)8-13(7-10)25(22,23)19-12-2-4-14-9(5-12)1-3-15(24-14)16(20)21/h2,4-8,15,19H,1,3H2,(H,20,21). The summed E-state index contributed by atoms with van der Waals surface area (Å²) in [6.07, 6.45) is -0.0866. The van der Waals surface area contributed by atoms with Gasteiger partial charge in [-0.15, -0.1) is 0 Å². The van der Waals surface area contributed by atoms with Crippen molar-refractivity contribution in [3.05, 3.63) is 52.0 Å². The van der Waals surface area contributed by atoms with Gasteiger partial charge in [-0.2, -0.15) is 0 Å². The fraction of sp³-hybridized carbons (Fsp3) is 0.188. The molecule has 1 heterocycles. The monoisotopic (exact) mass is 401 g/mol. The second-order valence-corrected chi connectivity index (χ2v) is 8.07. The highest BCUT2D eigenvalue weighted by molar-refractivity contribution is 7.92. The minimum atomic E-state index is -3.86. The molecule has 9 heteroatoms. The largest absolute Gasteiger partial charge is 0.479 e. The number of hydrogen-bond donors (Lipinski definition) is 2. The molecule has 6 nitrogen and oxygen atoms in total. The number of hydrogen-bond acceptors (Lipinski definition) is 4. The third-order valence-electron chi connectivity index (χ3n) is 3.68. The lowest BCUT2D eigenvalue weighted by molar-refractivity contribution is -0.145. The van der Waals surface area contributed by atoms with Crippen LogP contribution in [0.1, 0.15) is 12.0 Å². The first-order valence-corrected chi connectivity index (χ1v) is 9.50. The van der Waals surface area contributed by atoms with Crippen LogP contribution < -0.4 is 9.46 Å². The Kier molecular flexibility index (Phi) is 4.81. The lowest BCUT2D eigenvalue weighted by Gasteiger charge is -2.23. The molecule has 0 saturated carbocycles. The number of carboxylic acids is 1. The van der Waals surface area contributed by atoms with E-state index in [1.165, 1.54) is 24.3 Å². The number of aryl methyl sites for hydroxylation is 1. The Bertz CT molecular complexity index is 925. The molecule has 132 valence electrons. The van der Waals surface area contributed by atoms with E-state index >= 15 is 0 Å². The Labute approximate surface area is 154 Å². The van der Waals surface area contributed by atoms with Crippen molar-refractivity contribution in [1.82, 2.24) is 0 Å². The molecule has 1 unspecified atom stereocenters. The van der Waals surface area contributed by atoms with Crippen molar-refractivity contribution >= 4 is 44.9 Å². The molecule has 0 bridgehead atoms. The van der Waals surface area contributed by atoms with Crippen molar-refractivity contribution in [2.75, 3.05) is 4.72 Å². The molecule has 1 aliphatic heterocycles. The molecule has 2 aromatic rings. The summed E-state index contributed by atoms with van der Waals surface area (Å²) >= 11 is 11.7. The number of rotatable bonds is 4. The van der Waals surface area contributed by atoms with E-state index in [4.69, 9.17) is 33.0 Å². The lowest BCUT2D eigenvalue weighted by Crippen LogP contribution is -2.30. The second-order valence-electron chi connectivity index (χ2n) is 5.52. The van der Waals surface area contributed by atoms with Crippen LogP contribution in [0.25, 0.3) is 0 Å². The van der Waals surface area contributed by atoms with Crippen molar-refractivity contribution in [3.63, 3.8) is 0 Å². The van der Waals surface area contributed by atoms with E-state index in [0.717, 1.165) is 5.56 Å². The van der Waals surface area contributed by atoms with E-state index < -0.39 is 22.1 Å². The highest BCUT2D eigenvalue weighted by Gasteiger charge is 2.26. The normalized spacial score (nSPS) is 16.6. The van der Waals surface area contributed by atoms with Crippen LogP contribution >= 0.6 is 23.2 Å². The fourth-order valence-electron chi connectivity index (χ4n) is 2.52. The van der Waals surface area contributed by atoms with Crippen molar-refractivity contribution in [3.8, 4) is 5.75 Å². The van der Waals surface area contributed by atoms with Crippen LogP contribution in [0.2, 0.25) is 10.0 Å². The van der Waals surface area contributed by atoms with Gasteiger partial charge in [0, 0.05) is 15.7 Å². The van der Waals surface area contributed by atoms with Crippen molar-refractivity contribution in [1.29, 1.82) is 0 Å². The molecule has 3 rings (SSSR count). The van der Waals surface area contributed by atoms with Crippen molar-refractivity contribution < 1.29 is 23.1 Å². The zero-order chi connectivity index (χ0) is 18.2. The molecule has 0 radical (unpaired) electrons. The van der Waals surface area contributed by atoms with Gasteiger partial charge in [0.15, 0.2) is 6.10 Å². The van der Waals surface area contributed by atoms with Crippen LogP contribution in [0.3, 0.4) is 0 Å². The van der Waals surface area contributed by atoms with Crippen molar-refractivity contribution in [2.24, 2.45) is 0 Å². The molecular formula is C16H13Cl2NO5S. The van der Waals surface area contributed by atoms with E-state index in [1.807, 2.05) is 0 Å². The van der Waals surface area contributed by atoms with Crippen LogP contribution in [0.15, 0.2) is 41.3 Å². The van der Waals surface area contributed by atoms with Gasteiger partial charge in [0.25, 0.3) is 10.0 Å². The van der Waals surface area contributed by atoms with Gasteiger partial charge < -0.3 is 9.84 Å². The Morgan fingerprint density at radius 3 is 2.48 bits per heavy atom. The van der Waals surface area contributed by atoms with Crippen LogP contribution in [0, 0.1) is 0 Å². The predicted molar refractivity (Wildman–Crippen MR) is 94.1 cm³/mol. The zero-order valence-electron chi connectivity index (χ0n) is 12.7. The van der Waals surface area contributed by atoms with Gasteiger partial charge in [0.2, 0.25) is 0 Å². The highest BCUT2D eigenvalue weighted by Crippen LogP contribution is 2.31. The molecule has 2 N–H and O–H groups in total. The number of nitrogens with one attached hydrogen (secondary N) is 1. The van der Waals surface area contributed by atoms with Gasteiger partial charge in [-0.25, -0.2) is 13.2 Å². The number of aliphatic carboxylic acids is 1. The Balaban J connectivity index is 1.85. The minimum Gasteiger partial charge on any atom is -0.479 e. The van der Waals surface area contributed by atoms with Gasteiger partial charge in [0.05, 0.1) is 4.90 Å². The molecule has 0 spiro atoms. The summed E-state index contributed by atoms with van der Waals surface area (Å²) in [6, 6.07) is 8.72. The number of benzene rings is 2. The minimum absolute atomic E-state index is 0.0510. The molecular weight excluding hydrogens is 389 g/mol. The quantitative estimate of drug-likeness (QED) is 0.816. The molecule has 0 amide bonds. The number of carboxylic acid groups (broad SMARTS) is 1. The molecule has 0 aromatic heterocycles. The van der Waals surface area contributed by atoms with E-state index in [9.17, 15) is 13.2 Å². The number of sulfonamides is 1. The van der Waals surface area contributed by atoms with E-state index in [-0.39, 0.29) is 14.9 Å². The molecule has 1 aliphatic rings. The summed E-state index contributed by atoms with van der Waals surface area (Å²) < 4.78 is 32.8. The third-order valence-corrected chi connectivity index (χ3v) is 5.48. The van der Waals surface area contributed by atoms with E-state index in [1.54, 1.807) is 12.1 Å². The maximum atomic E-state index is 12.5. The van der Waals surface area contributed by atoms with Gasteiger partial charge >= 0.3 is 5.97 Å². The number of ether oxygens (including phenoxy) is 1. The number of carbonyl (C=O) groups is 1. The van der Waals surface area contributed by atoms with Crippen molar-refractivity contribution in [2.45, 2.75) is 23.8 Å². The SMILES string of the molecule is O=C(O)C1CCc2cc(NS(=O)(=O)c3cc(Cl)cc(Cl)c3)ccc2O1. The van der Waals surface area contributed by atoms with Gasteiger partial charge in [0.1, 0.15) is 5.75 Å². The first kappa shape index (κ1) is 17.8. The average molecular weight is 402 g/mol. The van der Waals surface area contributed by atoms with Crippen LogP contribution in [0.4, 0.5) is 5.69 Å². The summed E-state index contributed by atoms with van der Waals surface area (Å²) in [7, 11) is -3.86. The third kappa shape index (κ3) is 4.00. The summed E-state index contributed by atoms with van der Waals surface area (Å²) in [5.41, 5.74) is 1.08. The summed E-state index contributed by atoms with van der Waals surface area (Å²) in [5, 5.41) is 9.43. The number of fused-ring (bicyclic) bond motifs is 1. The zero-order valence-corrected chi connectivity index (χ0v) is 15.0. The van der Waals surface area contributed by atoms with E-state index in [0.29, 0.717) is 24.3 Å². The van der Waals surface area contributed by atoms with Crippen LogP contribution in [0.5, 0.6) is 5.75 Å². The molecule has 1 atom stereocenters. The van der Waals surface area contributed by atoms with Gasteiger partial charge in [-0.3, -0.25) is 4.72 Å². The lowest BCUT2D eigenvalue weighted by atomic mass is 10.0. The number of halogens is 2. The fourth-order valence-corrected chi connectivity index (χ4v) is 4.30. The predicted octanol–water partition coefficient (Wildman–Crippen LogP) is 3.57. The topological polar surface area (TPSA) is 92.7 Å². The Hall–Kier alpha value is -1.96. The summed E-state index contributed by atoms with van der Waals surface area (Å²) in [4.78, 5) is 10.9. The average Bonchev–Trinajstić information content (AvgIpc) is 2.53. The van der Waals surface area contributed by atoms with Gasteiger partial charge in [-0.05, 0) is 54.8 Å². The first-order chi connectivity index (χ1) is 11.7. The molecule has 0 saturated heterocycles. The first-order valence-electron chi connectivity index (χ1n) is 7.26. The summed E-state index contributed by atoms with van der Waals surface area (Å²) in [5.74, 6) is -0.583. The molecule has 0 fully saturated rings. The highest BCUT2D eigenvalue weighted by atomic mass is 35.5. The summed E-state index contributed by atoms with van der Waals surface area (Å²) in [6.45, 7) is 0. The smallest absolute Gasteiger partial charge is 0.344 e. The molecule has 0 aliphatic carbocycles. The molecule has 25 heavy (non-hydrogen) atoms. The second kappa shape index (κ2) is 6.74. The Morgan fingerprint density at radius 2 is 1.84 bits per heavy atom. The Morgan fingerprint density at radius 1 is 1.16 bits per heavy atom. The van der Waals surface area contributed by atoms with Gasteiger partial charge in [-0.1, -0.05) is 23.2 Å². The maximum absolute atomic E-state index is 12.5. The van der Waals surface area contributed by atoms with Crippen LogP contribution in [-0.4, -0.2) is 25.6 Å².